The van der Waals surface area contributed by atoms with Gasteiger partial charge in [0.15, 0.2) is 11.0 Å². The van der Waals surface area contributed by atoms with E-state index >= 15 is 0 Å². The second kappa shape index (κ2) is 9.93. The van der Waals surface area contributed by atoms with E-state index in [-0.39, 0.29) is 12.5 Å². The molecule has 3 amide bonds. The van der Waals surface area contributed by atoms with Crippen LogP contribution in [0, 0.1) is 12.8 Å². The SMILES string of the molecule is C=CCn1c(COc2cccc(C)c2)nnc1S[C@H](C(=O)NC(N)=O)C(C)C. The molecule has 0 radical (unpaired) electrons. The number of hydrogen-bond donors (Lipinski definition) is 2. The van der Waals surface area contributed by atoms with Crippen molar-refractivity contribution in [3.05, 3.63) is 48.3 Å². The molecule has 1 aromatic carbocycles. The summed E-state index contributed by atoms with van der Waals surface area (Å²) < 4.78 is 7.65. The first kappa shape index (κ1) is 21.5. The molecule has 150 valence electrons. The monoisotopic (exact) mass is 403 g/mol. The van der Waals surface area contributed by atoms with Crippen molar-refractivity contribution < 1.29 is 14.3 Å². The number of thioether (sulfide) groups is 1. The highest BCUT2D eigenvalue weighted by molar-refractivity contribution is 8.00. The van der Waals surface area contributed by atoms with Gasteiger partial charge < -0.3 is 10.5 Å². The molecule has 8 nitrogen and oxygen atoms in total. The Morgan fingerprint density at radius 1 is 1.39 bits per heavy atom. The van der Waals surface area contributed by atoms with Gasteiger partial charge in [-0.1, -0.05) is 43.8 Å². The maximum Gasteiger partial charge on any atom is 0.318 e. The van der Waals surface area contributed by atoms with Crippen LogP contribution in [0.4, 0.5) is 4.79 Å². The zero-order valence-electron chi connectivity index (χ0n) is 16.2. The first-order chi connectivity index (χ1) is 13.3. The number of primary amides is 1. The number of benzene rings is 1. The molecule has 0 aliphatic heterocycles. The number of aromatic nitrogens is 3. The number of ether oxygens (including phenoxy) is 1. The summed E-state index contributed by atoms with van der Waals surface area (Å²) in [4.78, 5) is 23.3. The van der Waals surface area contributed by atoms with Crippen LogP contribution in [0.3, 0.4) is 0 Å². The highest BCUT2D eigenvalue weighted by atomic mass is 32.2. The number of imide groups is 1. The van der Waals surface area contributed by atoms with Crippen molar-refractivity contribution in [2.45, 2.75) is 44.3 Å². The minimum atomic E-state index is -0.879. The number of carbonyl (C=O) groups excluding carboxylic acids is 2. The molecule has 0 saturated carbocycles. The summed E-state index contributed by atoms with van der Waals surface area (Å²) in [5.74, 6) is 0.841. The Balaban J connectivity index is 2.18. The van der Waals surface area contributed by atoms with Crippen LogP contribution < -0.4 is 15.8 Å². The third-order valence-electron chi connectivity index (χ3n) is 3.81. The Labute approximate surface area is 168 Å². The molecular weight excluding hydrogens is 378 g/mol. The van der Waals surface area contributed by atoms with E-state index in [1.54, 1.807) is 6.08 Å². The fourth-order valence-electron chi connectivity index (χ4n) is 2.48. The molecule has 28 heavy (non-hydrogen) atoms. The molecule has 0 aliphatic rings. The van der Waals surface area contributed by atoms with Gasteiger partial charge in [0.2, 0.25) is 5.91 Å². The molecule has 2 aromatic rings. The van der Waals surface area contributed by atoms with Gasteiger partial charge in [-0.15, -0.1) is 16.8 Å². The van der Waals surface area contributed by atoms with E-state index in [1.807, 2.05) is 49.6 Å². The van der Waals surface area contributed by atoms with Crippen molar-refractivity contribution >= 4 is 23.7 Å². The van der Waals surface area contributed by atoms with Crippen LogP contribution in [0.15, 0.2) is 42.1 Å². The average Bonchev–Trinajstić information content (AvgIpc) is 2.99. The van der Waals surface area contributed by atoms with Gasteiger partial charge in [-0.2, -0.15) is 0 Å². The lowest BCUT2D eigenvalue weighted by Crippen LogP contribution is -2.42. The number of carbonyl (C=O) groups is 2. The van der Waals surface area contributed by atoms with Gasteiger partial charge >= 0.3 is 6.03 Å². The summed E-state index contributed by atoms with van der Waals surface area (Å²) in [6.45, 7) is 10.2. The average molecular weight is 404 g/mol. The highest BCUT2D eigenvalue weighted by Gasteiger charge is 2.27. The predicted molar refractivity (Wildman–Crippen MR) is 108 cm³/mol. The predicted octanol–water partition coefficient (Wildman–Crippen LogP) is 2.66. The van der Waals surface area contributed by atoms with E-state index < -0.39 is 17.2 Å². The van der Waals surface area contributed by atoms with Crippen molar-refractivity contribution in [3.63, 3.8) is 0 Å². The van der Waals surface area contributed by atoms with E-state index in [1.165, 1.54) is 11.8 Å². The number of rotatable bonds is 9. The molecule has 1 heterocycles. The van der Waals surface area contributed by atoms with E-state index in [9.17, 15) is 9.59 Å². The Kier molecular flexibility index (Phi) is 7.62. The number of amides is 3. The number of urea groups is 1. The molecule has 0 aliphatic carbocycles. The maximum absolute atomic E-state index is 12.3. The van der Waals surface area contributed by atoms with E-state index in [0.29, 0.717) is 17.5 Å². The van der Waals surface area contributed by atoms with E-state index in [4.69, 9.17) is 10.5 Å². The fraction of sp³-hybridized carbons (Fsp3) is 0.368. The molecule has 0 unspecified atom stereocenters. The Morgan fingerprint density at radius 3 is 2.75 bits per heavy atom. The molecule has 0 saturated heterocycles. The Morgan fingerprint density at radius 2 is 2.14 bits per heavy atom. The van der Waals surface area contributed by atoms with Gasteiger partial charge in [-0.3, -0.25) is 14.7 Å². The van der Waals surface area contributed by atoms with Gasteiger partial charge in [-0.25, -0.2) is 4.79 Å². The number of nitrogens with zero attached hydrogens (tertiary/aromatic N) is 3. The quantitative estimate of drug-likeness (QED) is 0.492. The summed E-state index contributed by atoms with van der Waals surface area (Å²) in [6.07, 6.45) is 1.72. The van der Waals surface area contributed by atoms with Crippen LogP contribution in [0.5, 0.6) is 5.75 Å². The molecule has 0 bridgehead atoms. The van der Waals surface area contributed by atoms with Crippen molar-refractivity contribution in [1.29, 1.82) is 0 Å². The van der Waals surface area contributed by atoms with Crippen LogP contribution in [0.1, 0.15) is 25.2 Å². The standard InChI is InChI=1S/C19H25N5O3S/c1-5-9-24-15(11-27-14-8-6-7-13(4)10-14)22-23-19(24)28-16(12(2)3)17(25)21-18(20)26/h5-8,10,12,16H,1,9,11H2,2-4H3,(H3,20,21,25,26)/t16-/m0/s1. The number of aryl methyl sites for hydroxylation is 1. The minimum absolute atomic E-state index is 0.0507. The fourth-order valence-corrected chi connectivity index (χ4v) is 3.54. The highest BCUT2D eigenvalue weighted by Crippen LogP contribution is 2.28. The largest absolute Gasteiger partial charge is 0.486 e. The summed E-state index contributed by atoms with van der Waals surface area (Å²) in [5, 5.41) is 10.5. The molecule has 9 heteroatoms. The molecule has 0 fully saturated rings. The molecule has 1 aromatic heterocycles. The summed E-state index contributed by atoms with van der Waals surface area (Å²) in [6, 6.07) is 6.85. The van der Waals surface area contributed by atoms with Crippen LogP contribution in [-0.4, -0.2) is 32.0 Å². The first-order valence-corrected chi connectivity index (χ1v) is 9.69. The van der Waals surface area contributed by atoms with Gasteiger partial charge in [0.05, 0.1) is 5.25 Å². The summed E-state index contributed by atoms with van der Waals surface area (Å²) >= 11 is 1.22. The van der Waals surface area contributed by atoms with Crippen LogP contribution in [0.25, 0.3) is 0 Å². The van der Waals surface area contributed by atoms with Gasteiger partial charge in [-0.05, 0) is 30.5 Å². The van der Waals surface area contributed by atoms with E-state index in [0.717, 1.165) is 11.3 Å². The molecule has 1 atom stereocenters. The zero-order chi connectivity index (χ0) is 20.7. The smallest absolute Gasteiger partial charge is 0.318 e. The maximum atomic E-state index is 12.3. The van der Waals surface area contributed by atoms with Crippen molar-refractivity contribution in [1.82, 2.24) is 20.1 Å². The molecule has 0 spiro atoms. The number of nitrogens with one attached hydrogen (secondary N) is 1. The molecular formula is C19H25N5O3S. The topological polar surface area (TPSA) is 112 Å². The van der Waals surface area contributed by atoms with Crippen molar-refractivity contribution in [3.8, 4) is 5.75 Å². The Bertz CT molecular complexity index is 850. The second-order valence-corrected chi connectivity index (χ2v) is 7.65. The Hall–Kier alpha value is -2.81. The van der Waals surface area contributed by atoms with Crippen LogP contribution in [-0.2, 0) is 17.9 Å². The number of hydrogen-bond acceptors (Lipinski definition) is 6. The zero-order valence-corrected chi connectivity index (χ0v) is 17.0. The van der Waals surface area contributed by atoms with Gasteiger partial charge in [0, 0.05) is 6.54 Å². The van der Waals surface area contributed by atoms with E-state index in [2.05, 4.69) is 22.1 Å². The number of allylic oxidation sites excluding steroid dienone is 1. The number of nitrogens with two attached hydrogens (primary N) is 1. The van der Waals surface area contributed by atoms with Gasteiger partial charge in [0.1, 0.15) is 12.4 Å². The van der Waals surface area contributed by atoms with Crippen molar-refractivity contribution in [2.24, 2.45) is 11.7 Å². The summed E-state index contributed by atoms with van der Waals surface area (Å²) in [5.41, 5.74) is 6.17. The molecule has 3 N–H and O–H groups in total. The lowest BCUT2D eigenvalue weighted by atomic mass is 10.1. The van der Waals surface area contributed by atoms with Crippen LogP contribution >= 0.6 is 11.8 Å². The minimum Gasteiger partial charge on any atom is -0.486 e. The molecule has 2 rings (SSSR count). The van der Waals surface area contributed by atoms with Gasteiger partial charge in [0.25, 0.3) is 0 Å². The lowest BCUT2D eigenvalue weighted by molar-refractivity contribution is -0.120. The third-order valence-corrected chi connectivity index (χ3v) is 5.33. The first-order valence-electron chi connectivity index (χ1n) is 8.81. The second-order valence-electron chi connectivity index (χ2n) is 6.54. The van der Waals surface area contributed by atoms with Crippen molar-refractivity contribution in [2.75, 3.05) is 0 Å². The van der Waals surface area contributed by atoms with Crippen LogP contribution in [0.2, 0.25) is 0 Å². The third kappa shape index (κ3) is 5.85. The summed E-state index contributed by atoms with van der Waals surface area (Å²) in [7, 11) is 0. The normalized spacial score (nSPS) is 11.9. The lowest BCUT2D eigenvalue weighted by Gasteiger charge is -2.18.